The van der Waals surface area contributed by atoms with Crippen LogP contribution < -0.4 is 15.4 Å². The molecule has 0 unspecified atom stereocenters. The van der Waals surface area contributed by atoms with Crippen molar-refractivity contribution in [3.05, 3.63) is 29.7 Å². The molecule has 2 aromatic rings. The van der Waals surface area contributed by atoms with Gasteiger partial charge in [-0.15, -0.1) is 0 Å². The summed E-state index contributed by atoms with van der Waals surface area (Å²) in [7, 11) is -3.33. The second kappa shape index (κ2) is 7.54. The van der Waals surface area contributed by atoms with E-state index in [4.69, 9.17) is 4.74 Å². The van der Waals surface area contributed by atoms with Crippen molar-refractivity contribution in [1.29, 1.82) is 0 Å². The van der Waals surface area contributed by atoms with Gasteiger partial charge in [-0.25, -0.2) is 13.2 Å². The van der Waals surface area contributed by atoms with E-state index in [0.717, 1.165) is 25.0 Å². The molecule has 0 spiro atoms. The monoisotopic (exact) mass is 420 g/mol. The number of rotatable bonds is 5. The fraction of sp³-hybridized carbons (Fsp3) is 0.500. The van der Waals surface area contributed by atoms with Crippen molar-refractivity contribution in [2.24, 2.45) is 0 Å². The lowest BCUT2D eigenvalue weighted by atomic mass is 10.0. The van der Waals surface area contributed by atoms with E-state index in [2.05, 4.69) is 30.5 Å². The highest BCUT2D eigenvalue weighted by Crippen LogP contribution is 2.36. The first-order valence-corrected chi connectivity index (χ1v) is 11.2. The van der Waals surface area contributed by atoms with Crippen molar-refractivity contribution >= 4 is 33.3 Å². The first kappa shape index (κ1) is 19.5. The molecule has 29 heavy (non-hydrogen) atoms. The lowest BCUT2D eigenvalue weighted by Crippen LogP contribution is -2.33. The van der Waals surface area contributed by atoms with Gasteiger partial charge in [-0.05, 0) is 39.2 Å². The average Bonchev–Trinajstić information content (AvgIpc) is 3.31. The Kier molecular flexibility index (Phi) is 5.07. The van der Waals surface area contributed by atoms with E-state index in [-0.39, 0.29) is 29.9 Å². The van der Waals surface area contributed by atoms with E-state index in [1.807, 2.05) is 19.9 Å². The van der Waals surface area contributed by atoms with Crippen LogP contribution in [0, 0.1) is 0 Å². The number of ether oxygens (including phenoxy) is 1. The van der Waals surface area contributed by atoms with Gasteiger partial charge >= 0.3 is 6.09 Å². The van der Waals surface area contributed by atoms with E-state index in [0.29, 0.717) is 22.9 Å². The number of H-pyrrole nitrogens is 1. The minimum Gasteiger partial charge on any atom is -0.446 e. The number of hydrogen-bond acceptors (Lipinski definition) is 7. The number of aromatic nitrogens is 3. The number of nitrogens with zero attached hydrogens (tertiary/aromatic N) is 2. The highest BCUT2D eigenvalue weighted by Gasteiger charge is 2.30. The normalized spacial score (nSPS) is 22.2. The molecular weight excluding hydrogens is 396 g/mol. The van der Waals surface area contributed by atoms with Crippen LogP contribution in [0.3, 0.4) is 0 Å². The first-order valence-electron chi connectivity index (χ1n) is 9.56. The van der Waals surface area contributed by atoms with Crippen LogP contribution in [0.15, 0.2) is 18.3 Å². The van der Waals surface area contributed by atoms with Gasteiger partial charge in [0, 0.05) is 23.7 Å². The summed E-state index contributed by atoms with van der Waals surface area (Å²) in [6, 6.07) is 3.66. The highest BCUT2D eigenvalue weighted by atomic mass is 32.2. The molecular formula is C18H24N6O4S. The van der Waals surface area contributed by atoms with E-state index in [9.17, 15) is 13.2 Å². The first-order chi connectivity index (χ1) is 13.8. The quantitative estimate of drug-likeness (QED) is 0.583. The largest absolute Gasteiger partial charge is 0.446 e. The Labute approximate surface area is 168 Å². The summed E-state index contributed by atoms with van der Waals surface area (Å²) in [4.78, 5) is 16.0. The summed E-state index contributed by atoms with van der Waals surface area (Å²) in [5.74, 6) is 0.749. The minimum atomic E-state index is -3.33. The molecule has 11 heteroatoms. The number of carbonyl (C=O) groups is 1. The fourth-order valence-corrected chi connectivity index (χ4v) is 4.83. The molecule has 10 nitrogen and oxygen atoms in total. The van der Waals surface area contributed by atoms with Crippen LogP contribution in [0.5, 0.6) is 0 Å². The number of fused-ring (bicyclic) bond motifs is 1. The van der Waals surface area contributed by atoms with E-state index in [1.54, 1.807) is 12.3 Å². The third-order valence-electron chi connectivity index (χ3n) is 4.94. The molecule has 156 valence electrons. The summed E-state index contributed by atoms with van der Waals surface area (Å²) in [6.45, 7) is 3.78. The third kappa shape index (κ3) is 4.61. The van der Waals surface area contributed by atoms with Gasteiger partial charge in [0.15, 0.2) is 5.82 Å². The van der Waals surface area contributed by atoms with Crippen LogP contribution in [0.1, 0.15) is 50.4 Å². The van der Waals surface area contributed by atoms with Gasteiger partial charge < -0.3 is 15.4 Å². The fourth-order valence-electron chi connectivity index (χ4n) is 3.66. The van der Waals surface area contributed by atoms with Gasteiger partial charge in [-0.2, -0.15) is 5.10 Å². The Bertz CT molecular complexity index is 1020. The Morgan fingerprint density at radius 2 is 2.14 bits per heavy atom. The van der Waals surface area contributed by atoms with E-state index in [1.165, 1.54) is 0 Å². The number of sulfonamides is 1. The van der Waals surface area contributed by atoms with Gasteiger partial charge in [-0.1, -0.05) is 0 Å². The van der Waals surface area contributed by atoms with Gasteiger partial charge in [0.05, 0.1) is 23.3 Å². The molecule has 4 rings (SSSR count). The second-order valence-electron chi connectivity index (χ2n) is 7.75. The molecule has 0 radical (unpaired) electrons. The number of alkyl carbamates (subject to hydrolysis) is 1. The van der Waals surface area contributed by atoms with E-state index >= 15 is 0 Å². The van der Waals surface area contributed by atoms with Crippen molar-refractivity contribution < 1.29 is 17.9 Å². The number of pyridine rings is 1. The van der Waals surface area contributed by atoms with Crippen molar-refractivity contribution in [3.8, 4) is 0 Å². The highest BCUT2D eigenvalue weighted by molar-refractivity contribution is 7.92. The smallest absolute Gasteiger partial charge is 0.407 e. The summed E-state index contributed by atoms with van der Waals surface area (Å²) < 4.78 is 31.2. The van der Waals surface area contributed by atoms with E-state index < -0.39 is 10.0 Å². The number of aromatic amines is 1. The molecule has 1 aliphatic heterocycles. The predicted molar refractivity (Wildman–Crippen MR) is 107 cm³/mol. The summed E-state index contributed by atoms with van der Waals surface area (Å²) in [6.07, 6.45) is 3.57. The zero-order chi connectivity index (χ0) is 20.6. The molecule has 3 heterocycles. The average molecular weight is 420 g/mol. The summed E-state index contributed by atoms with van der Waals surface area (Å²) in [5.41, 5.74) is 2.61. The Hall–Kier alpha value is -2.82. The van der Waals surface area contributed by atoms with Crippen LogP contribution in [-0.4, -0.2) is 41.8 Å². The van der Waals surface area contributed by atoms with Crippen molar-refractivity contribution in [2.75, 3.05) is 10.0 Å². The van der Waals surface area contributed by atoms with Crippen LogP contribution >= 0.6 is 0 Å². The van der Waals surface area contributed by atoms with Gasteiger partial charge in [0.25, 0.3) is 0 Å². The van der Waals surface area contributed by atoms with Gasteiger partial charge in [-0.3, -0.25) is 14.8 Å². The van der Waals surface area contributed by atoms with Crippen LogP contribution in [-0.2, 0) is 20.5 Å². The second-order valence-corrected chi connectivity index (χ2v) is 9.47. The van der Waals surface area contributed by atoms with Crippen molar-refractivity contribution in [3.63, 3.8) is 0 Å². The Morgan fingerprint density at radius 3 is 2.93 bits per heavy atom. The number of amides is 1. The standard InChI is InChI=1S/C18H24N6O4S/c1-10(2)20-18(25)28-13-4-3-11(5-13)14-7-17(23-22-14)21-12-6-15-16(19-8-12)9-29(26,27)24-15/h6-8,10-11,13,24H,3-5,9H2,1-2H3,(H,20,25)(H2,21,22,23)/t11-,13+/m0/s1. The lowest BCUT2D eigenvalue weighted by Gasteiger charge is -2.14. The van der Waals surface area contributed by atoms with Crippen LogP contribution in [0.2, 0.25) is 0 Å². The van der Waals surface area contributed by atoms with Crippen molar-refractivity contribution in [2.45, 2.75) is 56.9 Å². The molecule has 1 amide bonds. The summed E-state index contributed by atoms with van der Waals surface area (Å²) >= 11 is 0. The van der Waals surface area contributed by atoms with Crippen molar-refractivity contribution in [1.82, 2.24) is 20.5 Å². The maximum Gasteiger partial charge on any atom is 0.407 e. The summed E-state index contributed by atoms with van der Waals surface area (Å²) in [5, 5.41) is 13.2. The van der Waals surface area contributed by atoms with Gasteiger partial charge in [0.1, 0.15) is 11.9 Å². The molecule has 0 aromatic carbocycles. The molecule has 1 saturated carbocycles. The number of anilines is 3. The SMILES string of the molecule is CC(C)NC(=O)O[C@@H]1CC[C@H](c2cc(Nc3cnc4c(c3)NS(=O)(=O)C4)n[nH]2)C1. The molecule has 2 aliphatic rings. The molecule has 2 aromatic heterocycles. The maximum absolute atomic E-state index is 11.8. The minimum absolute atomic E-state index is 0.0463. The van der Waals surface area contributed by atoms with Gasteiger partial charge in [0.2, 0.25) is 10.0 Å². The zero-order valence-corrected chi connectivity index (χ0v) is 17.0. The van der Waals surface area contributed by atoms with Crippen LogP contribution in [0.25, 0.3) is 0 Å². The maximum atomic E-state index is 11.8. The molecule has 1 aliphatic carbocycles. The molecule has 4 N–H and O–H groups in total. The number of nitrogens with one attached hydrogen (secondary N) is 4. The number of carbonyl (C=O) groups excluding carboxylic acids is 1. The zero-order valence-electron chi connectivity index (χ0n) is 16.2. The molecule has 0 saturated heterocycles. The lowest BCUT2D eigenvalue weighted by molar-refractivity contribution is 0.0981. The Balaban J connectivity index is 1.36. The third-order valence-corrected chi connectivity index (χ3v) is 6.12. The molecule has 2 atom stereocenters. The number of hydrogen-bond donors (Lipinski definition) is 4. The Morgan fingerprint density at radius 1 is 1.31 bits per heavy atom. The topological polar surface area (TPSA) is 138 Å². The molecule has 1 fully saturated rings. The van der Waals surface area contributed by atoms with Crippen LogP contribution in [0.4, 0.5) is 22.0 Å². The molecule has 0 bridgehead atoms. The predicted octanol–water partition coefficient (Wildman–Crippen LogP) is 2.57.